The Morgan fingerprint density at radius 1 is 1.00 bits per heavy atom. The zero-order chi connectivity index (χ0) is 8.04. The molecule has 0 aromatic carbocycles. The van der Waals surface area contributed by atoms with E-state index >= 15 is 0 Å². The third kappa shape index (κ3) is 2.29. The number of hydrogen-bond donors (Lipinski definition) is 0. The first-order valence-electron chi connectivity index (χ1n) is 4.38. The highest BCUT2D eigenvalue weighted by Gasteiger charge is 2.21. The van der Waals surface area contributed by atoms with Crippen LogP contribution in [0.1, 0.15) is 27.7 Å². The molecule has 0 aliphatic carbocycles. The van der Waals surface area contributed by atoms with E-state index in [2.05, 4.69) is 39.5 Å². The SMILES string of the molecule is CC=C[Si](CC)(CC)CC. The van der Waals surface area contributed by atoms with Gasteiger partial charge in [0.05, 0.1) is 8.07 Å². The van der Waals surface area contributed by atoms with E-state index in [0.29, 0.717) is 0 Å². The summed E-state index contributed by atoms with van der Waals surface area (Å²) in [5, 5.41) is 0. The Balaban J connectivity index is 4.15. The summed E-state index contributed by atoms with van der Waals surface area (Å²) in [5.74, 6) is 0. The molecule has 0 unspecified atom stereocenters. The van der Waals surface area contributed by atoms with E-state index < -0.39 is 8.07 Å². The molecule has 0 aromatic rings. The quantitative estimate of drug-likeness (QED) is 0.545. The van der Waals surface area contributed by atoms with Crippen molar-refractivity contribution in [2.75, 3.05) is 0 Å². The molecule has 0 saturated heterocycles. The molecule has 10 heavy (non-hydrogen) atoms. The van der Waals surface area contributed by atoms with Gasteiger partial charge in [0.25, 0.3) is 0 Å². The van der Waals surface area contributed by atoms with Crippen LogP contribution in [0.3, 0.4) is 0 Å². The fraction of sp³-hybridized carbons (Fsp3) is 0.778. The first-order valence-corrected chi connectivity index (χ1v) is 7.08. The second-order valence-electron chi connectivity index (χ2n) is 2.92. The van der Waals surface area contributed by atoms with Crippen molar-refractivity contribution >= 4 is 8.07 Å². The third-order valence-electron chi connectivity index (χ3n) is 2.63. The van der Waals surface area contributed by atoms with Crippen LogP contribution in [0.4, 0.5) is 0 Å². The summed E-state index contributed by atoms with van der Waals surface area (Å²) in [6.07, 6.45) is 2.24. The molecule has 60 valence electrons. The highest BCUT2D eigenvalue weighted by molar-refractivity contribution is 6.84. The van der Waals surface area contributed by atoms with E-state index in [1.807, 2.05) is 0 Å². The summed E-state index contributed by atoms with van der Waals surface area (Å²) in [7, 11) is -0.898. The monoisotopic (exact) mass is 156 g/mol. The first kappa shape index (κ1) is 9.96. The molecule has 0 rings (SSSR count). The van der Waals surface area contributed by atoms with Crippen LogP contribution >= 0.6 is 0 Å². The third-order valence-corrected chi connectivity index (χ3v) is 7.90. The van der Waals surface area contributed by atoms with Crippen LogP contribution in [-0.2, 0) is 0 Å². The molecule has 0 aliphatic rings. The lowest BCUT2D eigenvalue weighted by atomic mass is 10.8. The van der Waals surface area contributed by atoms with Gasteiger partial charge in [-0.25, -0.2) is 0 Å². The summed E-state index contributed by atoms with van der Waals surface area (Å²) in [5.41, 5.74) is 2.49. The lowest BCUT2D eigenvalue weighted by Gasteiger charge is -2.23. The Labute approximate surface area is 66.4 Å². The second kappa shape index (κ2) is 4.72. The van der Waals surface area contributed by atoms with Crippen LogP contribution in [0.15, 0.2) is 11.8 Å². The Morgan fingerprint density at radius 3 is 1.50 bits per heavy atom. The average Bonchev–Trinajstić information content (AvgIpc) is 2.01. The van der Waals surface area contributed by atoms with Gasteiger partial charge in [-0.2, -0.15) is 0 Å². The van der Waals surface area contributed by atoms with Gasteiger partial charge in [0.2, 0.25) is 0 Å². The predicted octanol–water partition coefficient (Wildman–Crippen LogP) is 3.61. The van der Waals surface area contributed by atoms with E-state index in [9.17, 15) is 0 Å². The standard InChI is InChI=1S/C9H20Si/c1-5-9-10(6-2,7-3)8-4/h5,9H,6-8H2,1-4H3. The van der Waals surface area contributed by atoms with Crippen molar-refractivity contribution in [1.29, 1.82) is 0 Å². The Bertz CT molecular complexity index is 93.0. The largest absolute Gasteiger partial charge is 0.0984 e. The molecule has 0 fully saturated rings. The van der Waals surface area contributed by atoms with Crippen LogP contribution in [-0.4, -0.2) is 8.07 Å². The van der Waals surface area contributed by atoms with Gasteiger partial charge in [0.15, 0.2) is 0 Å². The van der Waals surface area contributed by atoms with Crippen LogP contribution in [0.5, 0.6) is 0 Å². The topological polar surface area (TPSA) is 0 Å². The van der Waals surface area contributed by atoms with Crippen LogP contribution in [0.25, 0.3) is 0 Å². The molecule has 0 saturated carbocycles. The van der Waals surface area contributed by atoms with Crippen molar-refractivity contribution < 1.29 is 0 Å². The van der Waals surface area contributed by atoms with E-state index in [0.717, 1.165) is 0 Å². The summed E-state index contributed by atoms with van der Waals surface area (Å²) >= 11 is 0. The van der Waals surface area contributed by atoms with Crippen molar-refractivity contribution in [3.8, 4) is 0 Å². The minimum Gasteiger partial charge on any atom is -0.0984 e. The van der Waals surface area contributed by atoms with Crippen molar-refractivity contribution in [2.45, 2.75) is 45.8 Å². The molecular weight excluding hydrogens is 136 g/mol. The molecule has 0 aromatic heterocycles. The molecule has 1 heteroatoms. The van der Waals surface area contributed by atoms with Gasteiger partial charge in [-0.15, -0.1) is 0 Å². The molecule has 0 amide bonds. The molecular formula is C9H20Si. The molecule has 0 nitrogen and oxygen atoms in total. The van der Waals surface area contributed by atoms with E-state index in [1.165, 1.54) is 18.1 Å². The fourth-order valence-electron chi connectivity index (χ4n) is 1.46. The smallest absolute Gasteiger partial charge is 0.0765 e. The van der Waals surface area contributed by atoms with Crippen LogP contribution in [0.2, 0.25) is 18.1 Å². The maximum absolute atomic E-state index is 2.49. The van der Waals surface area contributed by atoms with Crippen molar-refractivity contribution in [3.05, 3.63) is 11.8 Å². The zero-order valence-corrected chi connectivity index (χ0v) is 8.78. The Hall–Kier alpha value is -0.0431. The molecule has 0 radical (unpaired) electrons. The minimum absolute atomic E-state index is 0.898. The van der Waals surface area contributed by atoms with Crippen molar-refractivity contribution in [3.63, 3.8) is 0 Å². The van der Waals surface area contributed by atoms with E-state index in [-0.39, 0.29) is 0 Å². The number of rotatable bonds is 4. The van der Waals surface area contributed by atoms with Crippen LogP contribution in [0, 0.1) is 0 Å². The molecule has 0 aliphatic heterocycles. The summed E-state index contributed by atoms with van der Waals surface area (Å²) in [4.78, 5) is 0. The maximum atomic E-state index is 2.49. The van der Waals surface area contributed by atoms with Crippen molar-refractivity contribution in [1.82, 2.24) is 0 Å². The number of allylic oxidation sites excluding steroid dienone is 1. The summed E-state index contributed by atoms with van der Waals surface area (Å²) in [6, 6.07) is 4.22. The van der Waals surface area contributed by atoms with E-state index in [1.54, 1.807) is 0 Å². The molecule has 0 N–H and O–H groups in total. The maximum Gasteiger partial charge on any atom is 0.0765 e. The zero-order valence-electron chi connectivity index (χ0n) is 7.78. The summed E-state index contributed by atoms with van der Waals surface area (Å²) < 4.78 is 0. The first-order chi connectivity index (χ1) is 4.74. The fourth-order valence-corrected chi connectivity index (χ4v) is 4.37. The van der Waals surface area contributed by atoms with Gasteiger partial charge in [-0.05, 0) is 6.92 Å². The van der Waals surface area contributed by atoms with Gasteiger partial charge < -0.3 is 0 Å². The van der Waals surface area contributed by atoms with Crippen LogP contribution < -0.4 is 0 Å². The average molecular weight is 156 g/mol. The predicted molar refractivity (Wildman–Crippen MR) is 52.0 cm³/mol. The minimum atomic E-state index is -0.898. The lowest BCUT2D eigenvalue weighted by molar-refractivity contribution is 1.19. The van der Waals surface area contributed by atoms with Gasteiger partial charge >= 0.3 is 0 Å². The lowest BCUT2D eigenvalue weighted by Crippen LogP contribution is -2.28. The van der Waals surface area contributed by atoms with Crippen molar-refractivity contribution in [2.24, 2.45) is 0 Å². The molecule has 0 heterocycles. The highest BCUT2D eigenvalue weighted by atomic mass is 28.3. The highest BCUT2D eigenvalue weighted by Crippen LogP contribution is 2.21. The summed E-state index contributed by atoms with van der Waals surface area (Å²) in [6.45, 7) is 9.14. The normalized spacial score (nSPS) is 12.8. The number of hydrogen-bond acceptors (Lipinski definition) is 0. The molecule has 0 atom stereocenters. The molecule has 0 spiro atoms. The Kier molecular flexibility index (Phi) is 4.70. The second-order valence-corrected chi connectivity index (χ2v) is 8.10. The van der Waals surface area contributed by atoms with Gasteiger partial charge in [0.1, 0.15) is 0 Å². The van der Waals surface area contributed by atoms with Gasteiger partial charge in [-0.3, -0.25) is 0 Å². The Morgan fingerprint density at radius 2 is 1.40 bits per heavy atom. The van der Waals surface area contributed by atoms with Gasteiger partial charge in [0, 0.05) is 0 Å². The van der Waals surface area contributed by atoms with Gasteiger partial charge in [-0.1, -0.05) is 50.7 Å². The molecule has 0 bridgehead atoms. The van der Waals surface area contributed by atoms with E-state index in [4.69, 9.17) is 0 Å².